The van der Waals surface area contributed by atoms with Crippen LogP contribution in [0.1, 0.15) is 53.0 Å². The Balaban J connectivity index is 2.26. The standard InChI is InChI=1S/C19H32N2/c1-6-17(7-2)21-14-19(5,16-11-9-8-10-12-16)20-13-18(21)15(3)4/h8-12,15,17-18,20H,6-7,13-14H2,1-5H3. The van der Waals surface area contributed by atoms with E-state index in [0.717, 1.165) is 13.1 Å². The number of nitrogens with one attached hydrogen (secondary N) is 1. The van der Waals surface area contributed by atoms with Crippen LogP contribution in [0.5, 0.6) is 0 Å². The summed E-state index contributed by atoms with van der Waals surface area (Å²) in [5.41, 5.74) is 1.47. The molecule has 2 rings (SSSR count). The summed E-state index contributed by atoms with van der Waals surface area (Å²) in [5.74, 6) is 0.693. The minimum Gasteiger partial charge on any atom is -0.305 e. The van der Waals surface area contributed by atoms with Gasteiger partial charge < -0.3 is 5.32 Å². The van der Waals surface area contributed by atoms with Gasteiger partial charge in [-0.1, -0.05) is 58.0 Å². The zero-order valence-corrected chi connectivity index (χ0v) is 14.4. The molecule has 2 unspecified atom stereocenters. The predicted octanol–water partition coefficient (Wildman–Crippen LogP) is 4.02. The Labute approximate surface area is 130 Å². The topological polar surface area (TPSA) is 15.3 Å². The Kier molecular flexibility index (Phi) is 5.45. The average molecular weight is 288 g/mol. The van der Waals surface area contributed by atoms with Crippen LogP contribution >= 0.6 is 0 Å². The first kappa shape index (κ1) is 16.5. The van der Waals surface area contributed by atoms with E-state index in [4.69, 9.17) is 0 Å². The molecular formula is C19H32N2. The number of piperazine rings is 1. The lowest BCUT2D eigenvalue weighted by molar-refractivity contribution is 0.0215. The van der Waals surface area contributed by atoms with Gasteiger partial charge in [0.05, 0.1) is 5.54 Å². The first-order chi connectivity index (χ1) is 10.0. The van der Waals surface area contributed by atoms with Crippen LogP contribution in [0, 0.1) is 5.92 Å². The Morgan fingerprint density at radius 2 is 1.81 bits per heavy atom. The van der Waals surface area contributed by atoms with E-state index >= 15 is 0 Å². The number of rotatable bonds is 5. The molecule has 21 heavy (non-hydrogen) atoms. The van der Waals surface area contributed by atoms with Gasteiger partial charge in [0.15, 0.2) is 0 Å². The Bertz CT molecular complexity index is 424. The van der Waals surface area contributed by atoms with E-state index in [1.54, 1.807) is 0 Å². The van der Waals surface area contributed by atoms with Gasteiger partial charge in [0.1, 0.15) is 0 Å². The van der Waals surface area contributed by atoms with E-state index in [9.17, 15) is 0 Å². The van der Waals surface area contributed by atoms with Crippen molar-refractivity contribution in [2.75, 3.05) is 13.1 Å². The molecule has 0 radical (unpaired) electrons. The highest BCUT2D eigenvalue weighted by atomic mass is 15.3. The highest BCUT2D eigenvalue weighted by Gasteiger charge is 2.39. The third kappa shape index (κ3) is 3.49. The van der Waals surface area contributed by atoms with Gasteiger partial charge in [0.2, 0.25) is 0 Å². The largest absolute Gasteiger partial charge is 0.305 e. The second kappa shape index (κ2) is 6.93. The molecule has 0 saturated carbocycles. The lowest BCUT2D eigenvalue weighted by Crippen LogP contribution is -2.64. The van der Waals surface area contributed by atoms with Crippen LogP contribution in [0.4, 0.5) is 0 Å². The Morgan fingerprint density at radius 3 is 2.33 bits per heavy atom. The van der Waals surface area contributed by atoms with Crippen molar-refractivity contribution in [1.29, 1.82) is 0 Å². The molecule has 0 aromatic heterocycles. The van der Waals surface area contributed by atoms with E-state index in [2.05, 4.69) is 75.2 Å². The third-order valence-corrected chi connectivity index (χ3v) is 5.22. The predicted molar refractivity (Wildman–Crippen MR) is 91.5 cm³/mol. The molecule has 118 valence electrons. The molecular weight excluding hydrogens is 256 g/mol. The fourth-order valence-electron chi connectivity index (χ4n) is 3.76. The zero-order chi connectivity index (χ0) is 15.5. The van der Waals surface area contributed by atoms with Crippen LogP contribution in [0.3, 0.4) is 0 Å². The van der Waals surface area contributed by atoms with Gasteiger partial charge in [-0.15, -0.1) is 0 Å². The van der Waals surface area contributed by atoms with E-state index in [0.29, 0.717) is 18.0 Å². The molecule has 0 spiro atoms. The maximum absolute atomic E-state index is 3.83. The van der Waals surface area contributed by atoms with E-state index in [1.807, 2.05) is 0 Å². The molecule has 1 aliphatic rings. The van der Waals surface area contributed by atoms with E-state index in [1.165, 1.54) is 18.4 Å². The van der Waals surface area contributed by atoms with Crippen molar-refractivity contribution in [2.45, 2.75) is 65.1 Å². The minimum absolute atomic E-state index is 0.0647. The summed E-state index contributed by atoms with van der Waals surface area (Å²) in [5, 5.41) is 3.83. The molecule has 2 heteroatoms. The maximum atomic E-state index is 3.83. The zero-order valence-electron chi connectivity index (χ0n) is 14.4. The van der Waals surface area contributed by atoms with E-state index < -0.39 is 0 Å². The Morgan fingerprint density at radius 1 is 1.19 bits per heavy atom. The molecule has 1 N–H and O–H groups in total. The van der Waals surface area contributed by atoms with Crippen molar-refractivity contribution in [3.63, 3.8) is 0 Å². The molecule has 0 amide bonds. The lowest BCUT2D eigenvalue weighted by Gasteiger charge is -2.51. The van der Waals surface area contributed by atoms with Crippen LogP contribution in [0.25, 0.3) is 0 Å². The van der Waals surface area contributed by atoms with Gasteiger partial charge >= 0.3 is 0 Å². The van der Waals surface area contributed by atoms with Crippen molar-refractivity contribution in [3.8, 4) is 0 Å². The van der Waals surface area contributed by atoms with Crippen LogP contribution in [0.15, 0.2) is 30.3 Å². The monoisotopic (exact) mass is 288 g/mol. The summed E-state index contributed by atoms with van der Waals surface area (Å²) in [7, 11) is 0. The fraction of sp³-hybridized carbons (Fsp3) is 0.684. The fourth-order valence-corrected chi connectivity index (χ4v) is 3.76. The summed E-state index contributed by atoms with van der Waals surface area (Å²) in [6.45, 7) is 13.9. The Hall–Kier alpha value is -0.860. The molecule has 2 nitrogen and oxygen atoms in total. The highest BCUT2D eigenvalue weighted by molar-refractivity contribution is 5.25. The summed E-state index contributed by atoms with van der Waals surface area (Å²) in [6, 6.07) is 12.3. The van der Waals surface area contributed by atoms with Gasteiger partial charge in [-0.3, -0.25) is 4.90 Å². The van der Waals surface area contributed by atoms with Gasteiger partial charge in [-0.25, -0.2) is 0 Å². The third-order valence-electron chi connectivity index (χ3n) is 5.22. The van der Waals surface area contributed by atoms with Crippen molar-refractivity contribution in [3.05, 3.63) is 35.9 Å². The smallest absolute Gasteiger partial charge is 0.0535 e. The van der Waals surface area contributed by atoms with Gasteiger partial charge in [0.25, 0.3) is 0 Å². The maximum Gasteiger partial charge on any atom is 0.0535 e. The number of hydrogen-bond acceptors (Lipinski definition) is 2. The number of hydrogen-bond donors (Lipinski definition) is 1. The quantitative estimate of drug-likeness (QED) is 0.880. The lowest BCUT2D eigenvalue weighted by atomic mass is 9.84. The molecule has 0 bridgehead atoms. The van der Waals surface area contributed by atoms with Gasteiger partial charge in [-0.05, 0) is 31.2 Å². The van der Waals surface area contributed by atoms with Crippen molar-refractivity contribution in [1.82, 2.24) is 10.2 Å². The summed E-state index contributed by atoms with van der Waals surface area (Å²) < 4.78 is 0. The molecule has 2 atom stereocenters. The first-order valence-electron chi connectivity index (χ1n) is 8.58. The number of nitrogens with zero attached hydrogens (tertiary/aromatic N) is 1. The van der Waals surface area contributed by atoms with Gasteiger partial charge in [-0.2, -0.15) is 0 Å². The summed E-state index contributed by atoms with van der Waals surface area (Å²) in [6.07, 6.45) is 2.48. The summed E-state index contributed by atoms with van der Waals surface area (Å²) >= 11 is 0. The van der Waals surface area contributed by atoms with Crippen LogP contribution < -0.4 is 5.32 Å². The molecule has 1 aliphatic heterocycles. The van der Waals surface area contributed by atoms with Crippen molar-refractivity contribution in [2.24, 2.45) is 5.92 Å². The summed E-state index contributed by atoms with van der Waals surface area (Å²) in [4.78, 5) is 2.77. The molecule has 0 aliphatic carbocycles. The number of benzene rings is 1. The molecule has 1 heterocycles. The molecule has 1 fully saturated rings. The average Bonchev–Trinajstić information content (AvgIpc) is 2.49. The second-order valence-electron chi connectivity index (χ2n) is 7.03. The molecule has 1 aromatic rings. The molecule has 1 saturated heterocycles. The van der Waals surface area contributed by atoms with E-state index in [-0.39, 0.29) is 5.54 Å². The minimum atomic E-state index is 0.0647. The van der Waals surface area contributed by atoms with Crippen molar-refractivity contribution < 1.29 is 0 Å². The second-order valence-corrected chi connectivity index (χ2v) is 7.03. The van der Waals surface area contributed by atoms with Gasteiger partial charge in [0, 0.05) is 25.2 Å². The SMILES string of the molecule is CCC(CC)N1CC(C)(c2ccccc2)NCC1C(C)C. The highest BCUT2D eigenvalue weighted by Crippen LogP contribution is 2.31. The van der Waals surface area contributed by atoms with Crippen LogP contribution in [-0.4, -0.2) is 30.1 Å². The molecule has 1 aromatic carbocycles. The first-order valence-corrected chi connectivity index (χ1v) is 8.58. The normalized spacial score (nSPS) is 27.5. The van der Waals surface area contributed by atoms with Crippen molar-refractivity contribution >= 4 is 0 Å². The van der Waals surface area contributed by atoms with Crippen LogP contribution in [0.2, 0.25) is 0 Å². The van der Waals surface area contributed by atoms with Crippen LogP contribution in [-0.2, 0) is 5.54 Å².